The van der Waals surface area contributed by atoms with Crippen LogP contribution < -0.4 is 24.8 Å². The van der Waals surface area contributed by atoms with Crippen molar-refractivity contribution in [3.8, 4) is 0 Å². The second-order valence-electron chi connectivity index (χ2n) is 9.06. The van der Waals surface area contributed by atoms with Gasteiger partial charge in [-0.2, -0.15) is 0 Å². The number of halogens is 2. The van der Waals surface area contributed by atoms with Gasteiger partial charge in [0.25, 0.3) is 0 Å². The van der Waals surface area contributed by atoms with Crippen molar-refractivity contribution in [2.45, 2.75) is 58.6 Å². The van der Waals surface area contributed by atoms with Crippen LogP contribution in [0, 0.1) is 0 Å². The fraction of sp³-hybridized carbons (Fsp3) is 0.385. The molecule has 0 bridgehead atoms. The van der Waals surface area contributed by atoms with E-state index in [9.17, 15) is 0 Å². The second-order valence-corrected chi connectivity index (χ2v) is 12.7. The Morgan fingerprint density at radius 3 is 1.38 bits per heavy atom. The van der Waals surface area contributed by atoms with Crippen molar-refractivity contribution in [2.24, 2.45) is 0 Å². The van der Waals surface area contributed by atoms with Gasteiger partial charge in [0.2, 0.25) is 0 Å². The molecular formula is C26H26Cl2Zr. The molecule has 4 aliphatic carbocycles. The molecule has 2 atom stereocenters. The minimum Gasteiger partial charge on any atom is -1.00 e. The molecule has 29 heavy (non-hydrogen) atoms. The van der Waals surface area contributed by atoms with Crippen LogP contribution in [0.4, 0.5) is 0 Å². The molecule has 148 valence electrons. The van der Waals surface area contributed by atoms with Crippen molar-refractivity contribution >= 4 is 12.2 Å². The number of rotatable bonds is 4. The maximum Gasteiger partial charge on any atom is -1.00 e. The fourth-order valence-electron chi connectivity index (χ4n) is 5.26. The zero-order valence-electron chi connectivity index (χ0n) is 17.0. The Hall–Kier alpha value is -0.617. The maximum absolute atomic E-state index is 2.55. The molecular weight excluding hydrogens is 474 g/mol. The van der Waals surface area contributed by atoms with Crippen molar-refractivity contribution in [3.05, 3.63) is 80.9 Å². The van der Waals surface area contributed by atoms with E-state index in [-0.39, 0.29) is 24.8 Å². The molecule has 2 aromatic rings. The van der Waals surface area contributed by atoms with E-state index in [1.54, 1.807) is 44.5 Å². The van der Waals surface area contributed by atoms with Gasteiger partial charge in [-0.25, -0.2) is 0 Å². The Labute approximate surface area is 198 Å². The Bertz CT molecular complexity index is 930. The van der Waals surface area contributed by atoms with Gasteiger partial charge in [0.1, 0.15) is 0 Å². The van der Waals surface area contributed by atoms with Gasteiger partial charge in [-0.1, -0.05) is 0 Å². The number of hydrogen-bond acceptors (Lipinski definition) is 0. The van der Waals surface area contributed by atoms with E-state index >= 15 is 0 Å². The summed E-state index contributed by atoms with van der Waals surface area (Å²) in [5.41, 5.74) is 13.1. The van der Waals surface area contributed by atoms with Gasteiger partial charge >= 0.3 is 175 Å². The van der Waals surface area contributed by atoms with Gasteiger partial charge < -0.3 is 24.8 Å². The molecule has 0 saturated heterocycles. The first kappa shape index (κ1) is 21.6. The van der Waals surface area contributed by atoms with Crippen LogP contribution in [-0.2, 0) is 23.2 Å². The molecule has 0 spiro atoms. The third kappa shape index (κ3) is 3.66. The average molecular weight is 501 g/mol. The Morgan fingerprint density at radius 2 is 1.00 bits per heavy atom. The molecule has 0 aromatic heterocycles. The monoisotopic (exact) mass is 498 g/mol. The third-order valence-electron chi connectivity index (χ3n) is 6.99. The predicted molar refractivity (Wildman–Crippen MR) is 110 cm³/mol. The summed E-state index contributed by atoms with van der Waals surface area (Å²) < 4.78 is 1.51. The first-order valence-corrected chi connectivity index (χ1v) is 13.4. The van der Waals surface area contributed by atoms with E-state index in [2.05, 4.69) is 62.4 Å². The van der Waals surface area contributed by atoms with Crippen LogP contribution in [0.2, 0.25) is 0 Å². The summed E-state index contributed by atoms with van der Waals surface area (Å²) in [6, 6.07) is 14.3. The molecule has 2 fully saturated rings. The minimum absolute atomic E-state index is 0. The summed E-state index contributed by atoms with van der Waals surface area (Å²) in [7, 11) is 0. The number of allylic oxidation sites excluding steroid dienone is 2. The SMILES string of the molecule is CC1=Cc2c(C3CC3)cccc2[CH]1[Zr+2][CH]1C(C)=Cc2c(C3CC3)cccc21.[Cl-].[Cl-]. The molecule has 0 amide bonds. The summed E-state index contributed by atoms with van der Waals surface area (Å²) >= 11 is -0.673. The van der Waals surface area contributed by atoms with Crippen molar-refractivity contribution in [1.82, 2.24) is 0 Å². The Morgan fingerprint density at radius 1 is 0.621 bits per heavy atom. The molecule has 2 saturated carbocycles. The fourth-order valence-corrected chi connectivity index (χ4v) is 9.90. The van der Waals surface area contributed by atoms with Crippen LogP contribution in [0.1, 0.15) is 92.0 Å². The van der Waals surface area contributed by atoms with Crippen LogP contribution in [0.25, 0.3) is 12.2 Å². The summed E-state index contributed by atoms with van der Waals surface area (Å²) in [5, 5.41) is 0. The largest absolute Gasteiger partial charge is 1.00 e. The van der Waals surface area contributed by atoms with Gasteiger partial charge in [0.15, 0.2) is 0 Å². The summed E-state index contributed by atoms with van der Waals surface area (Å²) in [6.07, 6.45) is 10.7. The molecule has 0 N–H and O–H groups in total. The molecule has 6 rings (SSSR count). The molecule has 0 aliphatic heterocycles. The molecule has 0 radical (unpaired) electrons. The normalized spacial score (nSPS) is 23.8. The van der Waals surface area contributed by atoms with Gasteiger partial charge in [0, 0.05) is 0 Å². The van der Waals surface area contributed by atoms with Crippen LogP contribution in [0.15, 0.2) is 47.5 Å². The van der Waals surface area contributed by atoms with E-state index in [1.807, 2.05) is 0 Å². The minimum atomic E-state index is -0.673. The predicted octanol–water partition coefficient (Wildman–Crippen LogP) is 1.15. The van der Waals surface area contributed by atoms with Gasteiger partial charge in [0.05, 0.1) is 0 Å². The smallest absolute Gasteiger partial charge is 1.00 e. The number of fused-ring (bicyclic) bond motifs is 2. The third-order valence-corrected chi connectivity index (χ3v) is 12.4. The van der Waals surface area contributed by atoms with Crippen LogP contribution in [0.3, 0.4) is 0 Å². The van der Waals surface area contributed by atoms with E-state index in [0.29, 0.717) is 0 Å². The van der Waals surface area contributed by atoms with E-state index < -0.39 is 23.2 Å². The van der Waals surface area contributed by atoms with E-state index in [0.717, 1.165) is 19.1 Å². The first-order chi connectivity index (χ1) is 13.2. The summed E-state index contributed by atoms with van der Waals surface area (Å²) in [4.78, 5) is 0. The molecule has 2 unspecified atom stereocenters. The zero-order chi connectivity index (χ0) is 18.1. The standard InChI is InChI=1S/2C13H13.2ClH.Zr/c2*1-9-7-11-3-2-4-12(10-5-6-10)13(11)8-9;;;/h2*2-4,7-8,10H,5-6H2,1H3;2*1H;/q;;;;+2/p-2. The van der Waals surface area contributed by atoms with Crippen molar-refractivity contribution in [1.29, 1.82) is 0 Å². The van der Waals surface area contributed by atoms with Crippen molar-refractivity contribution < 1.29 is 48.0 Å². The van der Waals surface area contributed by atoms with Crippen LogP contribution in [-0.4, -0.2) is 0 Å². The molecule has 4 aliphatic rings. The maximum atomic E-state index is 2.55. The van der Waals surface area contributed by atoms with Gasteiger partial charge in [-0.15, -0.1) is 0 Å². The zero-order valence-corrected chi connectivity index (χ0v) is 21.0. The summed E-state index contributed by atoms with van der Waals surface area (Å²) in [6.45, 7) is 4.80. The van der Waals surface area contributed by atoms with Crippen LogP contribution in [0.5, 0.6) is 0 Å². The van der Waals surface area contributed by atoms with Crippen LogP contribution >= 0.6 is 0 Å². The quantitative estimate of drug-likeness (QED) is 0.591. The summed E-state index contributed by atoms with van der Waals surface area (Å²) in [5.74, 6) is 1.70. The molecule has 2 aromatic carbocycles. The average Bonchev–Trinajstić information content (AvgIpc) is 3.58. The van der Waals surface area contributed by atoms with Gasteiger partial charge in [-0.05, 0) is 0 Å². The Balaban J connectivity index is 0.00000102. The van der Waals surface area contributed by atoms with Gasteiger partial charge in [-0.3, -0.25) is 0 Å². The number of benzene rings is 2. The second kappa shape index (κ2) is 8.14. The van der Waals surface area contributed by atoms with Crippen molar-refractivity contribution in [2.75, 3.05) is 0 Å². The first-order valence-electron chi connectivity index (χ1n) is 10.6. The van der Waals surface area contributed by atoms with E-state index in [1.165, 1.54) is 25.7 Å². The number of hydrogen-bond donors (Lipinski definition) is 0. The van der Waals surface area contributed by atoms with Crippen molar-refractivity contribution in [3.63, 3.8) is 0 Å². The topological polar surface area (TPSA) is 0 Å². The molecule has 0 nitrogen and oxygen atoms in total. The molecule has 0 heterocycles. The molecule has 3 heteroatoms. The van der Waals surface area contributed by atoms with E-state index in [4.69, 9.17) is 0 Å². The Kier molecular flexibility index (Phi) is 6.07.